The summed E-state index contributed by atoms with van der Waals surface area (Å²) in [5.41, 5.74) is 4.81. The van der Waals surface area contributed by atoms with E-state index in [1.165, 1.54) is 19.1 Å². The highest BCUT2D eigenvalue weighted by molar-refractivity contribution is 6.33. The number of carbonyl (C=O) groups is 2. The van der Waals surface area contributed by atoms with Crippen molar-refractivity contribution < 1.29 is 19.4 Å². The molecule has 0 aliphatic rings. The highest BCUT2D eigenvalue weighted by Gasteiger charge is 2.33. The second kappa shape index (κ2) is 7.35. The number of carbonyl (C=O) groups excluding carboxylic acids is 1. The van der Waals surface area contributed by atoms with Crippen molar-refractivity contribution in [1.29, 1.82) is 0 Å². The van der Waals surface area contributed by atoms with Crippen molar-refractivity contribution in [3.8, 4) is 5.75 Å². The van der Waals surface area contributed by atoms with E-state index in [1.807, 2.05) is 6.92 Å². The molecule has 6 nitrogen and oxygen atoms in total. The number of amides is 1. The van der Waals surface area contributed by atoms with Crippen molar-refractivity contribution in [2.45, 2.75) is 39.2 Å². The van der Waals surface area contributed by atoms with E-state index in [0.717, 1.165) is 6.42 Å². The van der Waals surface area contributed by atoms with Crippen LogP contribution in [0.4, 0.5) is 5.69 Å². The molecular formula is C15H21ClN2O4. The number of aliphatic carboxylic acids is 1. The van der Waals surface area contributed by atoms with Gasteiger partial charge in [0.15, 0.2) is 0 Å². The molecule has 22 heavy (non-hydrogen) atoms. The molecule has 1 aromatic rings. The number of halogens is 1. The molecule has 4 N–H and O–H groups in total. The van der Waals surface area contributed by atoms with E-state index in [-0.39, 0.29) is 22.8 Å². The number of anilines is 1. The zero-order chi connectivity index (χ0) is 16.9. The molecule has 1 aromatic carbocycles. The normalized spacial score (nSPS) is 13.3. The Kier molecular flexibility index (Phi) is 6.05. The second-order valence-corrected chi connectivity index (χ2v) is 5.57. The molecule has 1 atom stereocenters. The monoisotopic (exact) mass is 328 g/mol. The fourth-order valence-corrected chi connectivity index (χ4v) is 1.85. The SMILES string of the molecule is CCCOc1cc(N)c(Cl)cc1C(=O)NC(C)(CC)C(=O)O. The fourth-order valence-electron chi connectivity index (χ4n) is 1.69. The molecule has 0 aliphatic carbocycles. The van der Waals surface area contributed by atoms with Gasteiger partial charge in [-0.3, -0.25) is 4.79 Å². The molecule has 0 aromatic heterocycles. The first kappa shape index (κ1) is 18.1. The molecule has 0 heterocycles. The number of hydrogen-bond donors (Lipinski definition) is 3. The van der Waals surface area contributed by atoms with Crippen LogP contribution < -0.4 is 15.8 Å². The molecule has 7 heteroatoms. The van der Waals surface area contributed by atoms with Crippen LogP contribution in [0.3, 0.4) is 0 Å². The predicted molar refractivity (Wildman–Crippen MR) is 85.4 cm³/mol. The largest absolute Gasteiger partial charge is 0.493 e. The Labute approximate surface area is 134 Å². The molecule has 0 spiro atoms. The summed E-state index contributed by atoms with van der Waals surface area (Å²) in [7, 11) is 0. The maximum atomic E-state index is 12.4. The summed E-state index contributed by atoms with van der Waals surface area (Å²) >= 11 is 5.95. The third-order valence-corrected chi connectivity index (χ3v) is 3.70. The standard InChI is InChI=1S/C15H21ClN2O4/c1-4-6-22-12-8-11(17)10(16)7-9(12)13(19)18-15(3,5-2)14(20)21/h7-8H,4-6,17H2,1-3H3,(H,18,19)(H,20,21). The first-order valence-electron chi connectivity index (χ1n) is 7.02. The van der Waals surface area contributed by atoms with E-state index in [0.29, 0.717) is 12.3 Å². The zero-order valence-corrected chi connectivity index (χ0v) is 13.7. The van der Waals surface area contributed by atoms with Gasteiger partial charge in [-0.25, -0.2) is 4.79 Å². The summed E-state index contributed by atoms with van der Waals surface area (Å²) < 4.78 is 5.50. The second-order valence-electron chi connectivity index (χ2n) is 5.16. The van der Waals surface area contributed by atoms with E-state index in [2.05, 4.69) is 5.32 Å². The van der Waals surface area contributed by atoms with E-state index in [4.69, 9.17) is 22.1 Å². The number of nitrogens with two attached hydrogens (primary N) is 1. The molecule has 1 amide bonds. The summed E-state index contributed by atoms with van der Waals surface area (Å²) in [6, 6.07) is 2.85. The molecule has 1 unspecified atom stereocenters. The van der Waals surface area contributed by atoms with Gasteiger partial charge >= 0.3 is 5.97 Å². The van der Waals surface area contributed by atoms with Gasteiger partial charge in [0.2, 0.25) is 0 Å². The highest BCUT2D eigenvalue weighted by atomic mass is 35.5. The lowest BCUT2D eigenvalue weighted by Crippen LogP contribution is -2.51. The van der Waals surface area contributed by atoms with Gasteiger partial charge in [-0.1, -0.05) is 25.4 Å². The van der Waals surface area contributed by atoms with Gasteiger partial charge in [-0.2, -0.15) is 0 Å². The third kappa shape index (κ3) is 4.04. The molecule has 0 saturated heterocycles. The molecule has 0 fully saturated rings. The van der Waals surface area contributed by atoms with Crippen molar-refractivity contribution in [2.24, 2.45) is 0 Å². The summed E-state index contributed by atoms with van der Waals surface area (Å²) in [5, 5.41) is 12.0. The molecular weight excluding hydrogens is 308 g/mol. The molecule has 1 rings (SSSR count). The summed E-state index contributed by atoms with van der Waals surface area (Å²) in [5.74, 6) is -1.40. The zero-order valence-electron chi connectivity index (χ0n) is 12.9. The first-order valence-corrected chi connectivity index (χ1v) is 7.40. The average molecular weight is 329 g/mol. The van der Waals surface area contributed by atoms with Crippen LogP contribution in [0.25, 0.3) is 0 Å². The van der Waals surface area contributed by atoms with Gasteiger partial charge < -0.3 is 20.9 Å². The van der Waals surface area contributed by atoms with Gasteiger partial charge in [0.1, 0.15) is 11.3 Å². The number of benzene rings is 1. The van der Waals surface area contributed by atoms with E-state index in [1.54, 1.807) is 6.92 Å². The topological polar surface area (TPSA) is 102 Å². The van der Waals surface area contributed by atoms with Gasteiger partial charge in [-0.05, 0) is 25.8 Å². The van der Waals surface area contributed by atoms with Crippen LogP contribution in [0.5, 0.6) is 5.75 Å². The van der Waals surface area contributed by atoms with E-state index in [9.17, 15) is 14.7 Å². The summed E-state index contributed by atoms with van der Waals surface area (Å²) in [4.78, 5) is 23.7. The number of ether oxygens (including phenoxy) is 1. The van der Waals surface area contributed by atoms with Gasteiger partial charge in [0.25, 0.3) is 5.91 Å². The quantitative estimate of drug-likeness (QED) is 0.668. The smallest absolute Gasteiger partial charge is 0.329 e. The lowest BCUT2D eigenvalue weighted by molar-refractivity contribution is -0.143. The third-order valence-electron chi connectivity index (χ3n) is 3.37. The van der Waals surface area contributed by atoms with Crippen LogP contribution in [0, 0.1) is 0 Å². The highest BCUT2D eigenvalue weighted by Crippen LogP contribution is 2.29. The lowest BCUT2D eigenvalue weighted by Gasteiger charge is -2.25. The Morgan fingerprint density at radius 1 is 1.41 bits per heavy atom. The maximum absolute atomic E-state index is 12.4. The van der Waals surface area contributed by atoms with Gasteiger partial charge in [0.05, 0.1) is 22.9 Å². The fraction of sp³-hybridized carbons (Fsp3) is 0.467. The minimum absolute atomic E-state index is 0.161. The van der Waals surface area contributed by atoms with Crippen molar-refractivity contribution in [1.82, 2.24) is 5.32 Å². The molecule has 0 aliphatic heterocycles. The van der Waals surface area contributed by atoms with Gasteiger partial charge in [0, 0.05) is 6.07 Å². The number of carboxylic acids is 1. The first-order chi connectivity index (χ1) is 10.2. The number of nitrogen functional groups attached to an aromatic ring is 1. The van der Waals surface area contributed by atoms with Crippen molar-refractivity contribution in [2.75, 3.05) is 12.3 Å². The predicted octanol–water partition coefficient (Wildman–Crippen LogP) is 2.69. The Morgan fingerprint density at radius 2 is 2.05 bits per heavy atom. The molecule has 122 valence electrons. The molecule has 0 radical (unpaired) electrons. The average Bonchev–Trinajstić information content (AvgIpc) is 2.47. The number of nitrogens with one attached hydrogen (secondary N) is 1. The van der Waals surface area contributed by atoms with Crippen LogP contribution in [0.15, 0.2) is 12.1 Å². The summed E-state index contributed by atoms with van der Waals surface area (Å²) in [6.07, 6.45) is 0.993. The van der Waals surface area contributed by atoms with Crippen molar-refractivity contribution in [3.05, 3.63) is 22.7 Å². The van der Waals surface area contributed by atoms with Crippen LogP contribution in [0.2, 0.25) is 5.02 Å². The Morgan fingerprint density at radius 3 is 2.55 bits per heavy atom. The maximum Gasteiger partial charge on any atom is 0.329 e. The summed E-state index contributed by atoms with van der Waals surface area (Å²) in [6.45, 7) is 5.46. The van der Waals surface area contributed by atoms with E-state index < -0.39 is 17.4 Å². The molecule has 0 saturated carbocycles. The Balaban J connectivity index is 3.15. The lowest BCUT2D eigenvalue weighted by atomic mass is 9.98. The molecule has 0 bridgehead atoms. The minimum Gasteiger partial charge on any atom is -0.493 e. The van der Waals surface area contributed by atoms with Crippen LogP contribution in [-0.4, -0.2) is 29.1 Å². The minimum atomic E-state index is -1.37. The number of carboxylic acid groups (broad SMARTS) is 1. The van der Waals surface area contributed by atoms with E-state index >= 15 is 0 Å². The van der Waals surface area contributed by atoms with Crippen LogP contribution in [0.1, 0.15) is 44.0 Å². The number of hydrogen-bond acceptors (Lipinski definition) is 4. The number of rotatable bonds is 7. The van der Waals surface area contributed by atoms with Crippen molar-refractivity contribution in [3.63, 3.8) is 0 Å². The Hall–Kier alpha value is -1.95. The Bertz CT molecular complexity index is 577. The van der Waals surface area contributed by atoms with Crippen molar-refractivity contribution >= 4 is 29.2 Å². The van der Waals surface area contributed by atoms with Crippen LogP contribution in [-0.2, 0) is 4.79 Å². The van der Waals surface area contributed by atoms with Gasteiger partial charge in [-0.15, -0.1) is 0 Å². The van der Waals surface area contributed by atoms with Crippen LogP contribution >= 0.6 is 11.6 Å².